The van der Waals surface area contributed by atoms with E-state index in [-0.39, 0.29) is 42.7 Å². The van der Waals surface area contributed by atoms with Gasteiger partial charge in [0.2, 0.25) is 0 Å². The Morgan fingerprint density at radius 2 is 1.36 bits per heavy atom. The summed E-state index contributed by atoms with van der Waals surface area (Å²) < 4.78 is 0. The van der Waals surface area contributed by atoms with Crippen molar-refractivity contribution in [1.29, 1.82) is 10.8 Å². The zero-order valence-electron chi connectivity index (χ0n) is 5.89. The van der Waals surface area contributed by atoms with Crippen LogP contribution < -0.4 is 11.5 Å². The lowest BCUT2D eigenvalue weighted by atomic mass is 10.2. The molecule has 0 amide bonds. The Hall–Kier alpha value is -1.10. The van der Waals surface area contributed by atoms with Gasteiger partial charge in [-0.1, -0.05) is 0 Å². The van der Waals surface area contributed by atoms with Crippen LogP contribution in [0.3, 0.4) is 0 Å². The highest BCUT2D eigenvalue weighted by atomic mass is 35.5. The number of halogens is 1. The Morgan fingerprint density at radius 3 is 1.55 bits per heavy atom. The Kier molecular flexibility index (Phi) is 6.47. The predicted molar refractivity (Wildman–Crippen MR) is 45.3 cm³/mol. The van der Waals surface area contributed by atoms with Crippen LogP contribution in [0.1, 0.15) is 12.8 Å². The SMILES string of the molecule is Cl.N=C(N)CC(=O)CC(=N)N. The molecule has 0 fully saturated rings. The molecule has 0 radical (unpaired) electrons. The summed E-state index contributed by atoms with van der Waals surface area (Å²) in [6, 6.07) is 0. The van der Waals surface area contributed by atoms with Gasteiger partial charge in [0.15, 0.2) is 0 Å². The minimum Gasteiger partial charge on any atom is -0.387 e. The number of Topliss-reactive ketones (excluding diaryl/α,β-unsaturated/α-hetero) is 1. The molecule has 0 aliphatic carbocycles. The Bertz CT molecular complexity index is 161. The van der Waals surface area contributed by atoms with E-state index in [2.05, 4.69) is 0 Å². The van der Waals surface area contributed by atoms with Crippen molar-refractivity contribution in [3.8, 4) is 0 Å². The number of carbonyl (C=O) groups is 1. The molecule has 6 N–H and O–H groups in total. The lowest BCUT2D eigenvalue weighted by Gasteiger charge is -1.95. The molecule has 0 aliphatic rings. The van der Waals surface area contributed by atoms with Gasteiger partial charge in [-0.25, -0.2) is 0 Å². The van der Waals surface area contributed by atoms with Crippen LogP contribution in [0.2, 0.25) is 0 Å². The van der Waals surface area contributed by atoms with Crippen molar-refractivity contribution in [2.75, 3.05) is 0 Å². The number of hydrogen-bond acceptors (Lipinski definition) is 3. The van der Waals surface area contributed by atoms with E-state index < -0.39 is 0 Å². The first-order chi connectivity index (χ1) is 4.52. The summed E-state index contributed by atoms with van der Waals surface area (Å²) in [5.74, 6) is -0.669. The molecule has 0 aromatic carbocycles. The fraction of sp³-hybridized carbons (Fsp3) is 0.400. The van der Waals surface area contributed by atoms with E-state index in [0.717, 1.165) is 0 Å². The zero-order valence-corrected chi connectivity index (χ0v) is 6.70. The van der Waals surface area contributed by atoms with E-state index in [4.69, 9.17) is 22.3 Å². The molecule has 0 unspecified atom stereocenters. The molecule has 5 nitrogen and oxygen atoms in total. The predicted octanol–water partition coefficient (Wildman–Crippen LogP) is -0.371. The quantitative estimate of drug-likeness (QED) is 0.348. The summed E-state index contributed by atoms with van der Waals surface area (Å²) in [5.41, 5.74) is 9.84. The summed E-state index contributed by atoms with van der Waals surface area (Å²) >= 11 is 0. The summed E-state index contributed by atoms with van der Waals surface area (Å²) in [4.78, 5) is 10.6. The first-order valence-electron chi connectivity index (χ1n) is 2.70. The third-order valence-electron chi connectivity index (χ3n) is 0.775. The van der Waals surface area contributed by atoms with Crippen molar-refractivity contribution in [2.24, 2.45) is 11.5 Å². The lowest BCUT2D eigenvalue weighted by Crippen LogP contribution is -2.20. The van der Waals surface area contributed by atoms with Crippen LogP contribution in [-0.4, -0.2) is 17.5 Å². The molecule has 0 heterocycles. The molecule has 0 aliphatic heterocycles. The molecule has 0 saturated heterocycles. The van der Waals surface area contributed by atoms with Gasteiger partial charge in [0, 0.05) is 0 Å². The summed E-state index contributed by atoms with van der Waals surface area (Å²) in [6.45, 7) is 0. The van der Waals surface area contributed by atoms with E-state index in [9.17, 15) is 4.79 Å². The smallest absolute Gasteiger partial charge is 0.147 e. The highest BCUT2D eigenvalue weighted by Crippen LogP contribution is 1.87. The van der Waals surface area contributed by atoms with Crippen LogP contribution >= 0.6 is 12.4 Å². The molecule has 0 bridgehead atoms. The van der Waals surface area contributed by atoms with Crippen molar-refractivity contribution in [3.63, 3.8) is 0 Å². The number of rotatable bonds is 4. The van der Waals surface area contributed by atoms with Crippen LogP contribution in [0.15, 0.2) is 0 Å². The largest absolute Gasteiger partial charge is 0.387 e. The molecule has 0 rings (SSSR count). The lowest BCUT2D eigenvalue weighted by molar-refractivity contribution is -0.116. The maximum Gasteiger partial charge on any atom is 0.147 e. The van der Waals surface area contributed by atoms with Gasteiger partial charge in [-0.15, -0.1) is 12.4 Å². The van der Waals surface area contributed by atoms with Crippen molar-refractivity contribution in [1.82, 2.24) is 0 Å². The number of ketones is 1. The molecule has 0 spiro atoms. The van der Waals surface area contributed by atoms with E-state index in [1.807, 2.05) is 0 Å². The average molecular weight is 179 g/mol. The minimum absolute atomic E-state index is 0. The van der Waals surface area contributed by atoms with E-state index in [1.165, 1.54) is 0 Å². The van der Waals surface area contributed by atoms with Gasteiger partial charge in [0.05, 0.1) is 24.5 Å². The van der Waals surface area contributed by atoms with E-state index >= 15 is 0 Å². The first-order valence-corrected chi connectivity index (χ1v) is 2.70. The van der Waals surface area contributed by atoms with Crippen LogP contribution in [-0.2, 0) is 4.79 Å². The third kappa shape index (κ3) is 8.90. The van der Waals surface area contributed by atoms with Gasteiger partial charge in [-0.2, -0.15) is 0 Å². The maximum absolute atomic E-state index is 10.6. The van der Waals surface area contributed by atoms with Crippen molar-refractivity contribution < 1.29 is 4.79 Å². The molecule has 0 atom stereocenters. The molecule has 6 heteroatoms. The van der Waals surface area contributed by atoms with Crippen LogP contribution in [0.4, 0.5) is 0 Å². The van der Waals surface area contributed by atoms with Gasteiger partial charge < -0.3 is 11.5 Å². The second-order valence-electron chi connectivity index (χ2n) is 1.94. The zero-order chi connectivity index (χ0) is 8.15. The molecule has 0 aromatic heterocycles. The van der Waals surface area contributed by atoms with E-state index in [0.29, 0.717) is 0 Å². The molecule has 64 valence electrons. The normalized spacial score (nSPS) is 8.00. The third-order valence-corrected chi connectivity index (χ3v) is 0.775. The Balaban J connectivity index is 0. The Morgan fingerprint density at radius 1 is 1.09 bits per heavy atom. The highest BCUT2D eigenvalue weighted by Gasteiger charge is 2.03. The second-order valence-corrected chi connectivity index (χ2v) is 1.94. The van der Waals surface area contributed by atoms with Crippen LogP contribution in [0.5, 0.6) is 0 Å². The maximum atomic E-state index is 10.6. The van der Waals surface area contributed by atoms with Crippen LogP contribution in [0.25, 0.3) is 0 Å². The van der Waals surface area contributed by atoms with Crippen molar-refractivity contribution >= 4 is 29.9 Å². The molecular weight excluding hydrogens is 168 g/mol. The van der Waals surface area contributed by atoms with Crippen molar-refractivity contribution in [2.45, 2.75) is 12.8 Å². The minimum atomic E-state index is -0.292. The summed E-state index contributed by atoms with van der Waals surface area (Å²) in [5, 5.41) is 13.4. The highest BCUT2D eigenvalue weighted by molar-refractivity contribution is 6.06. The fourth-order valence-electron chi connectivity index (χ4n) is 0.487. The van der Waals surface area contributed by atoms with Crippen LogP contribution in [0, 0.1) is 10.8 Å². The number of carbonyl (C=O) groups excluding carboxylic acids is 1. The average Bonchev–Trinajstić information content (AvgIpc) is 1.58. The summed E-state index contributed by atoms with van der Waals surface area (Å²) in [6.07, 6.45) is -0.223. The van der Waals surface area contributed by atoms with Crippen molar-refractivity contribution in [3.05, 3.63) is 0 Å². The fourth-order valence-corrected chi connectivity index (χ4v) is 0.487. The number of amidine groups is 2. The molecular formula is C5H11ClN4O. The van der Waals surface area contributed by atoms with E-state index in [1.54, 1.807) is 0 Å². The molecule has 0 aromatic rings. The Labute approximate surface area is 70.6 Å². The molecule has 0 saturated carbocycles. The number of hydrogen-bond donors (Lipinski definition) is 4. The topological polar surface area (TPSA) is 117 Å². The number of nitrogens with one attached hydrogen (secondary N) is 2. The second kappa shape index (κ2) is 5.67. The standard InChI is InChI=1S/C5H10N4O.ClH/c6-4(7)1-3(10)2-5(8)9;/h1-2H2,(H3,6,7)(H3,8,9);1H. The number of nitrogens with two attached hydrogens (primary N) is 2. The van der Waals surface area contributed by atoms with Gasteiger partial charge in [-0.3, -0.25) is 15.6 Å². The van der Waals surface area contributed by atoms with Gasteiger partial charge >= 0.3 is 0 Å². The molecule has 11 heavy (non-hydrogen) atoms. The van der Waals surface area contributed by atoms with Gasteiger partial charge in [0.1, 0.15) is 5.78 Å². The van der Waals surface area contributed by atoms with Gasteiger partial charge in [-0.05, 0) is 0 Å². The first kappa shape index (κ1) is 12.6. The van der Waals surface area contributed by atoms with Gasteiger partial charge in [0.25, 0.3) is 0 Å². The monoisotopic (exact) mass is 178 g/mol. The summed E-state index contributed by atoms with van der Waals surface area (Å²) in [7, 11) is 0.